The second kappa shape index (κ2) is 18.8. The Bertz CT molecular complexity index is 2230. The van der Waals surface area contributed by atoms with Crippen LogP contribution in [0.15, 0.2) is 91.0 Å². The summed E-state index contributed by atoms with van der Waals surface area (Å²) in [6.07, 6.45) is 0.755. The summed E-state index contributed by atoms with van der Waals surface area (Å²) in [6, 6.07) is 27.4. The van der Waals surface area contributed by atoms with Gasteiger partial charge in [-0.2, -0.15) is 0 Å². The highest BCUT2D eigenvalue weighted by Crippen LogP contribution is 2.60. The van der Waals surface area contributed by atoms with Crippen LogP contribution in [0.5, 0.6) is 5.75 Å². The van der Waals surface area contributed by atoms with Crippen LogP contribution in [0.3, 0.4) is 0 Å². The molecule has 1 unspecified atom stereocenters. The van der Waals surface area contributed by atoms with Gasteiger partial charge in [-0.1, -0.05) is 61.0 Å². The highest BCUT2D eigenvalue weighted by Gasteiger charge is 2.67. The number of rotatable bonds is 17. The quantitative estimate of drug-likeness (QED) is 0.0568. The maximum Gasteiger partial charge on any atom is 0.264 e. The summed E-state index contributed by atoms with van der Waals surface area (Å²) in [6.45, 7) is 8.36. The summed E-state index contributed by atoms with van der Waals surface area (Å²) in [4.78, 5) is 48.4. The molecule has 3 amide bonds. The lowest BCUT2D eigenvalue weighted by atomic mass is 9.82. The van der Waals surface area contributed by atoms with Gasteiger partial charge in [-0.05, 0) is 111 Å². The monoisotopic (exact) mass is 870 g/mol. The average Bonchev–Trinajstić information content (AvgIpc) is 3.65. The zero-order valence-electron chi connectivity index (χ0n) is 35.3. The predicted molar refractivity (Wildman–Crippen MR) is 237 cm³/mol. The van der Waals surface area contributed by atoms with E-state index in [4.69, 9.17) is 21.1 Å². The van der Waals surface area contributed by atoms with Gasteiger partial charge in [-0.25, -0.2) is 0 Å². The number of hydrogen-bond acceptors (Lipinski definition) is 8. The van der Waals surface area contributed by atoms with Gasteiger partial charge in [0.05, 0.1) is 49.7 Å². The molecule has 3 heterocycles. The normalized spacial score (nSPS) is 22.2. The van der Waals surface area contributed by atoms with Crippen molar-refractivity contribution in [2.24, 2.45) is 5.92 Å². The lowest BCUT2D eigenvalue weighted by Gasteiger charge is -2.35. The molecule has 5 atom stereocenters. The van der Waals surface area contributed by atoms with E-state index in [9.17, 15) is 19.8 Å². The minimum Gasteiger partial charge on any atom is -0.494 e. The van der Waals surface area contributed by atoms with Crippen molar-refractivity contribution in [1.82, 2.24) is 10.2 Å². The number of unbranched alkanes of at least 4 members (excludes halogenated alkanes) is 1. The zero-order valence-corrected chi connectivity index (χ0v) is 37.0. The molecule has 1 spiro atoms. The molecular weight excluding hydrogens is 815 g/mol. The number of ether oxygens (including phenoxy) is 2. The fourth-order valence-electron chi connectivity index (χ4n) is 9.59. The van der Waals surface area contributed by atoms with E-state index in [1.807, 2.05) is 86.6 Å². The molecule has 3 N–H and O–H groups in total. The molecule has 4 aromatic carbocycles. The number of amides is 3. The van der Waals surface area contributed by atoms with Crippen molar-refractivity contribution in [3.8, 4) is 5.75 Å². The Morgan fingerprint density at radius 1 is 0.984 bits per heavy atom. The van der Waals surface area contributed by atoms with Crippen molar-refractivity contribution >= 4 is 54.8 Å². The molecule has 0 radical (unpaired) electrons. The van der Waals surface area contributed by atoms with Gasteiger partial charge in [0, 0.05) is 47.4 Å². The van der Waals surface area contributed by atoms with Crippen LogP contribution in [0, 0.1) is 5.92 Å². The molecule has 0 bridgehead atoms. The first-order valence-electron chi connectivity index (χ1n) is 21.2. The Morgan fingerprint density at radius 2 is 1.74 bits per heavy atom. The molecule has 0 aromatic heterocycles. The minimum atomic E-state index is -3.60. The standard InChI is InChI=1S/C47H56ClFN4O7Si/c1-5-59-37-17-19-40-34(25-37)26-39(50-20-9-10-22-54)45(57)53(40)36-15-11-14-33(24-36)30-52-41-18-16-35(48)27-38(41)47(46(52)58)31(2)44(61(3,4)49)42(60-47)28-43(56)51(21-23-55)29-32-12-7-6-8-13-32/h6-8,11-19,24-25,27,31,39,42,44,50,54-55H,5,9-10,20-23,26,28-30H2,1-4H3/t31-,39?,42+,44-,47+/m1/s1. The van der Waals surface area contributed by atoms with Crippen LogP contribution in [-0.2, 0) is 44.2 Å². The molecule has 324 valence electrons. The van der Waals surface area contributed by atoms with Crippen molar-refractivity contribution in [3.05, 3.63) is 118 Å². The Kier molecular flexibility index (Phi) is 13.7. The van der Waals surface area contributed by atoms with Crippen LogP contribution in [0.1, 0.15) is 55.4 Å². The lowest BCUT2D eigenvalue weighted by molar-refractivity contribution is -0.150. The SMILES string of the molecule is CCOc1ccc2c(c1)CC(NCCCCO)C(=O)N2c1cccc(CN2C(=O)[C@@]3(O[C@@H](CC(=O)N(CCO)Cc4ccccc4)[C@H]([Si](C)(C)F)[C@H]3C)c3cc(Cl)ccc32)c1. The molecule has 3 aliphatic rings. The number of hydrogen-bond donors (Lipinski definition) is 3. The lowest BCUT2D eigenvalue weighted by Crippen LogP contribution is -2.49. The number of carbonyl (C=O) groups is 3. The van der Waals surface area contributed by atoms with E-state index >= 15 is 8.90 Å². The van der Waals surface area contributed by atoms with Crippen LogP contribution < -0.4 is 19.9 Å². The van der Waals surface area contributed by atoms with Gasteiger partial charge in [0.2, 0.25) is 20.2 Å². The van der Waals surface area contributed by atoms with Crippen molar-refractivity contribution in [2.45, 2.75) is 89.0 Å². The van der Waals surface area contributed by atoms with E-state index in [0.717, 1.165) is 28.8 Å². The van der Waals surface area contributed by atoms with E-state index < -0.39 is 37.6 Å². The van der Waals surface area contributed by atoms with Crippen LogP contribution in [-0.4, -0.2) is 86.3 Å². The van der Waals surface area contributed by atoms with Crippen molar-refractivity contribution in [3.63, 3.8) is 0 Å². The molecule has 14 heteroatoms. The predicted octanol–water partition coefficient (Wildman–Crippen LogP) is 7.42. The number of nitrogens with one attached hydrogen (secondary N) is 1. The third-order valence-corrected chi connectivity index (χ3v) is 15.0. The van der Waals surface area contributed by atoms with E-state index in [1.165, 1.54) is 0 Å². The summed E-state index contributed by atoms with van der Waals surface area (Å²) in [5, 5.41) is 23.0. The summed E-state index contributed by atoms with van der Waals surface area (Å²) < 4.78 is 29.3. The van der Waals surface area contributed by atoms with Crippen molar-refractivity contribution in [2.75, 3.05) is 42.7 Å². The third kappa shape index (κ3) is 9.00. The highest BCUT2D eigenvalue weighted by molar-refractivity contribution is 6.72. The number of benzene rings is 4. The van der Waals surface area contributed by atoms with Crippen molar-refractivity contribution in [1.29, 1.82) is 0 Å². The number of fused-ring (bicyclic) bond motifs is 3. The van der Waals surface area contributed by atoms with Gasteiger partial charge >= 0.3 is 0 Å². The van der Waals surface area contributed by atoms with Gasteiger partial charge < -0.3 is 38.9 Å². The van der Waals surface area contributed by atoms with Crippen LogP contribution in [0.25, 0.3) is 0 Å². The molecule has 4 aromatic rings. The Labute approximate surface area is 363 Å². The molecule has 1 saturated heterocycles. The fraction of sp³-hybridized carbons (Fsp3) is 0.426. The van der Waals surface area contributed by atoms with Crippen LogP contribution in [0.4, 0.5) is 21.2 Å². The number of halogens is 2. The molecule has 7 rings (SSSR count). The van der Waals surface area contributed by atoms with Crippen molar-refractivity contribution < 1.29 is 38.2 Å². The van der Waals surface area contributed by atoms with E-state index in [0.29, 0.717) is 53.7 Å². The van der Waals surface area contributed by atoms with Crippen LogP contribution in [0.2, 0.25) is 23.7 Å². The summed E-state index contributed by atoms with van der Waals surface area (Å²) in [5.74, 6) is -0.717. The molecule has 11 nitrogen and oxygen atoms in total. The number of aliphatic hydroxyl groups is 2. The molecule has 1 fully saturated rings. The van der Waals surface area contributed by atoms with E-state index in [1.54, 1.807) is 46.0 Å². The summed E-state index contributed by atoms with van der Waals surface area (Å²) >= 11 is 6.64. The van der Waals surface area contributed by atoms with Gasteiger partial charge in [0.15, 0.2) is 5.60 Å². The fourth-order valence-corrected chi connectivity index (χ4v) is 12.3. The minimum absolute atomic E-state index is 0.0821. The van der Waals surface area contributed by atoms with Gasteiger partial charge in [-0.3, -0.25) is 19.3 Å². The zero-order chi connectivity index (χ0) is 43.5. The maximum atomic E-state index is 16.6. The van der Waals surface area contributed by atoms with Gasteiger partial charge in [0.1, 0.15) is 5.75 Å². The second-order valence-corrected chi connectivity index (χ2v) is 21.0. The topological polar surface area (TPSA) is 132 Å². The number of anilines is 3. The Hall–Kier alpha value is -4.63. The number of carbonyl (C=O) groups excluding carboxylic acids is 3. The van der Waals surface area contributed by atoms with Crippen LogP contribution >= 0.6 is 11.6 Å². The highest BCUT2D eigenvalue weighted by atomic mass is 35.5. The third-order valence-electron chi connectivity index (χ3n) is 12.3. The average molecular weight is 872 g/mol. The molecule has 0 saturated carbocycles. The molecule has 61 heavy (non-hydrogen) atoms. The smallest absolute Gasteiger partial charge is 0.264 e. The molecule has 3 aliphatic heterocycles. The first-order chi connectivity index (χ1) is 29.3. The molecule has 0 aliphatic carbocycles. The van der Waals surface area contributed by atoms with E-state index in [2.05, 4.69) is 5.32 Å². The summed E-state index contributed by atoms with van der Waals surface area (Å²) in [5.41, 5.74) is 2.74. The largest absolute Gasteiger partial charge is 0.494 e. The Morgan fingerprint density at radius 3 is 2.46 bits per heavy atom. The van der Waals surface area contributed by atoms with Gasteiger partial charge in [-0.15, -0.1) is 0 Å². The first kappa shape index (κ1) is 44.4. The molecular formula is C47H56ClFN4O7Si. The second-order valence-electron chi connectivity index (χ2n) is 16.8. The summed E-state index contributed by atoms with van der Waals surface area (Å²) in [7, 11) is -3.60. The Balaban J connectivity index is 1.20. The first-order valence-corrected chi connectivity index (χ1v) is 24.6. The number of nitrogens with zero attached hydrogens (tertiary/aromatic N) is 3. The van der Waals surface area contributed by atoms with Gasteiger partial charge in [0.25, 0.3) is 5.91 Å². The maximum absolute atomic E-state index is 16.6. The number of aliphatic hydroxyl groups excluding tert-OH is 2. The van der Waals surface area contributed by atoms with E-state index in [-0.39, 0.29) is 57.0 Å².